The largest absolute Gasteiger partial charge is 0.790 e. The van der Waals surface area contributed by atoms with Crippen LogP contribution in [0, 0.1) is 0 Å². The molecule has 0 unspecified atom stereocenters. The van der Waals surface area contributed by atoms with E-state index in [1.165, 1.54) is 0 Å². The van der Waals surface area contributed by atoms with Gasteiger partial charge in [-0.25, -0.2) is 0 Å². The van der Waals surface area contributed by atoms with Crippen LogP contribution in [0.1, 0.15) is 0 Å². The minimum Gasteiger partial charge on any atom is -0.790 e. The van der Waals surface area contributed by atoms with Crippen LogP contribution in [0.3, 0.4) is 0 Å². The summed E-state index contributed by atoms with van der Waals surface area (Å²) in [5, 5.41) is 4.00. The van der Waals surface area contributed by atoms with E-state index in [0.29, 0.717) is 0 Å². The van der Waals surface area contributed by atoms with Crippen LogP contribution in [0.25, 0.3) is 0 Å². The second-order valence-electron chi connectivity index (χ2n) is 8.25. The van der Waals surface area contributed by atoms with Crippen molar-refractivity contribution in [2.24, 2.45) is 0 Å². The fourth-order valence-corrected chi connectivity index (χ4v) is 2.36. The highest BCUT2D eigenvalue weighted by Crippen LogP contribution is 2.67. The Morgan fingerprint density at radius 1 is 0.435 bits per heavy atom. The molecule has 0 aromatic rings. The SMILES string of the molecule is C[NH2+]C.C[NH2+]C.O=P([O-])([O-])OCC(F)(F)C(F)(F)C(F)(F)C(F)(F)C(F)(F)C(F)(F)C(F)(F)C(F)(F)C(F)(F)C(F)(F)C(F)(F)F. The fraction of sp³-hybridized carbons (Fsp3) is 1.00. The van der Waals surface area contributed by atoms with Gasteiger partial charge in [-0.15, -0.1) is 0 Å². The molecule has 0 bridgehead atoms. The van der Waals surface area contributed by atoms with E-state index in [4.69, 9.17) is 0 Å². The molecule has 0 fully saturated rings. The van der Waals surface area contributed by atoms with Gasteiger partial charge >= 0.3 is 65.4 Å². The minimum atomic E-state index is -9.54. The highest BCUT2D eigenvalue weighted by molar-refractivity contribution is 7.43. The zero-order valence-corrected chi connectivity index (χ0v) is 23.0. The molecule has 0 amide bonds. The molecule has 0 heterocycles. The molecule has 0 atom stereocenters. The normalized spacial score (nSPS) is 15.5. The van der Waals surface area contributed by atoms with E-state index in [-0.39, 0.29) is 0 Å². The van der Waals surface area contributed by atoms with Crippen LogP contribution in [0.15, 0.2) is 0 Å². The van der Waals surface area contributed by atoms with Gasteiger partial charge in [-0.05, 0) is 0 Å². The summed E-state index contributed by atoms with van der Waals surface area (Å²) >= 11 is 0. The lowest BCUT2D eigenvalue weighted by atomic mass is 9.85. The Bertz CT molecular complexity index is 1020. The van der Waals surface area contributed by atoms with Crippen LogP contribution in [-0.2, 0) is 9.09 Å². The predicted octanol–water partition coefficient (Wildman–Crippen LogP) is 3.37. The third-order valence-electron chi connectivity index (χ3n) is 4.37. The number of quaternary nitrogens is 2. The van der Waals surface area contributed by atoms with Crippen LogP contribution in [0.4, 0.5) is 101 Å². The Hall–Kier alpha value is -1.58. The summed E-state index contributed by atoms with van der Waals surface area (Å²) in [6.45, 7) is -4.02. The van der Waals surface area contributed by atoms with Crippen LogP contribution < -0.4 is 20.4 Å². The van der Waals surface area contributed by atoms with Crippen molar-refractivity contribution >= 4 is 7.82 Å². The average Bonchev–Trinajstić information content (AvgIpc) is 2.81. The molecule has 0 rings (SSSR count). The van der Waals surface area contributed by atoms with Crippen molar-refractivity contribution < 1.29 is 130 Å². The number of phosphoric acid groups is 1. The summed E-state index contributed by atoms with van der Waals surface area (Å²) in [6, 6.07) is 0. The van der Waals surface area contributed by atoms with Gasteiger partial charge < -0.3 is 29.5 Å². The molecule has 0 saturated carbocycles. The third kappa shape index (κ3) is 7.99. The van der Waals surface area contributed by atoms with Crippen molar-refractivity contribution in [1.29, 1.82) is 0 Å². The summed E-state index contributed by atoms with van der Waals surface area (Å²) < 4.78 is 314. The predicted molar refractivity (Wildman–Crippen MR) is 96.6 cm³/mol. The summed E-state index contributed by atoms with van der Waals surface area (Å²) in [5.74, 6) is -89.8. The van der Waals surface area contributed by atoms with Crippen molar-refractivity contribution in [2.75, 3.05) is 34.8 Å². The number of hydrogen-bond acceptors (Lipinski definition) is 4. The van der Waals surface area contributed by atoms with Gasteiger partial charge in [0.25, 0.3) is 0 Å². The van der Waals surface area contributed by atoms with Gasteiger partial charge in [-0.1, -0.05) is 0 Å². The van der Waals surface area contributed by atoms with Crippen LogP contribution >= 0.6 is 7.82 Å². The first-order chi connectivity index (χ1) is 19.5. The van der Waals surface area contributed by atoms with Gasteiger partial charge in [-0.3, -0.25) is 0 Å². The van der Waals surface area contributed by atoms with Gasteiger partial charge in [0.1, 0.15) is 6.61 Å². The molecule has 0 aromatic heterocycles. The smallest absolute Gasteiger partial charge is 0.460 e. The molecule has 4 N–H and O–H groups in total. The lowest BCUT2D eigenvalue weighted by Gasteiger charge is -2.45. The quantitative estimate of drug-likeness (QED) is 0.235. The molecule has 30 heteroatoms. The molecule has 6 nitrogen and oxygen atoms in total. The van der Waals surface area contributed by atoms with E-state index >= 15 is 0 Å². The van der Waals surface area contributed by atoms with Gasteiger partial charge in [0.2, 0.25) is 0 Å². The van der Waals surface area contributed by atoms with Gasteiger partial charge in [0.05, 0.1) is 36.0 Å². The number of alkyl halides is 23. The average molecular weight is 770 g/mol. The maximum atomic E-state index is 13.5. The summed E-state index contributed by atoms with van der Waals surface area (Å²) in [5.41, 5.74) is 0. The van der Waals surface area contributed by atoms with E-state index in [0.717, 1.165) is 0 Å². The molecule has 0 saturated heterocycles. The summed E-state index contributed by atoms with van der Waals surface area (Å²) in [6.07, 6.45) is -8.15. The summed E-state index contributed by atoms with van der Waals surface area (Å²) in [4.78, 5) is 19.9. The number of phosphoric ester groups is 1. The maximum Gasteiger partial charge on any atom is 0.460 e. The monoisotopic (exact) mass is 770 g/mol. The Morgan fingerprint density at radius 2 is 0.609 bits per heavy atom. The molecule has 0 aliphatic carbocycles. The molecular weight excluding hydrogens is 752 g/mol. The molecule has 282 valence electrons. The Morgan fingerprint density at radius 3 is 0.783 bits per heavy atom. The van der Waals surface area contributed by atoms with E-state index in [1.54, 1.807) is 0 Å². The van der Waals surface area contributed by atoms with Gasteiger partial charge in [0, 0.05) is 0 Å². The maximum absolute atomic E-state index is 13.5. The summed E-state index contributed by atoms with van der Waals surface area (Å²) in [7, 11) is 1.02. The van der Waals surface area contributed by atoms with Crippen molar-refractivity contribution in [3.05, 3.63) is 0 Å². The lowest BCUT2D eigenvalue weighted by Crippen LogP contribution is -2.77. The van der Waals surface area contributed by atoms with Gasteiger partial charge in [0.15, 0.2) is 0 Å². The standard InChI is InChI=1S/C12H4F23O4P.2C2H7N/c13-2(14,1-39-40(36,37)38)3(15,16)4(17,18)5(19,20)6(21,22)7(23,24)8(25,26)9(27,28)10(29,30)11(31,32)12(33,34)35;2*1-3-2/h1H2,(H2,36,37,38);2*3H,1-2H3. The number of nitrogens with two attached hydrogens (primary N) is 2. The Balaban J connectivity index is -0.00000283. The zero-order valence-electron chi connectivity index (χ0n) is 22.1. The van der Waals surface area contributed by atoms with Crippen LogP contribution in [-0.4, -0.2) is 100 Å². The minimum absolute atomic E-state index is 2.00. The number of rotatable bonds is 12. The number of hydrogen-bond donors (Lipinski definition) is 2. The Kier molecular flexibility index (Phi) is 15.0. The molecule has 0 aliphatic rings. The lowest BCUT2D eigenvalue weighted by molar-refractivity contribution is -0.597. The second-order valence-corrected chi connectivity index (χ2v) is 9.40. The molecule has 0 radical (unpaired) electrons. The second kappa shape index (κ2) is 14.1. The molecule has 46 heavy (non-hydrogen) atoms. The molecular formula is C16H18F23N2O4P. The van der Waals surface area contributed by atoms with Crippen molar-refractivity contribution in [3.63, 3.8) is 0 Å². The van der Waals surface area contributed by atoms with Gasteiger partial charge in [-0.2, -0.15) is 101 Å². The van der Waals surface area contributed by atoms with Crippen molar-refractivity contribution in [3.8, 4) is 0 Å². The highest BCUT2D eigenvalue weighted by atomic mass is 31.2. The zero-order chi connectivity index (χ0) is 38.8. The first-order valence-corrected chi connectivity index (χ1v) is 12.0. The van der Waals surface area contributed by atoms with E-state index in [1.807, 2.05) is 38.8 Å². The molecule has 0 aliphatic heterocycles. The van der Waals surface area contributed by atoms with Crippen molar-refractivity contribution in [2.45, 2.75) is 65.4 Å². The fourth-order valence-electron chi connectivity index (χ4n) is 2.04. The first kappa shape index (κ1) is 48.8. The first-order valence-electron chi connectivity index (χ1n) is 10.5. The highest BCUT2D eigenvalue weighted by Gasteiger charge is 2.98. The number of halogens is 23. The van der Waals surface area contributed by atoms with E-state index in [2.05, 4.69) is 4.52 Å². The molecule has 0 aromatic carbocycles. The topological polar surface area (TPSA) is 106 Å². The van der Waals surface area contributed by atoms with E-state index < -0.39 is 79.8 Å². The van der Waals surface area contributed by atoms with Crippen molar-refractivity contribution in [1.82, 2.24) is 0 Å². The van der Waals surface area contributed by atoms with Crippen LogP contribution in [0.2, 0.25) is 0 Å². The van der Waals surface area contributed by atoms with Crippen LogP contribution in [0.5, 0.6) is 0 Å². The molecule has 0 spiro atoms. The Labute approximate surface area is 239 Å². The third-order valence-corrected chi connectivity index (χ3v) is 4.82. The van der Waals surface area contributed by atoms with E-state index in [9.17, 15) is 115 Å².